The Morgan fingerprint density at radius 2 is 2.18 bits per heavy atom. The van der Waals surface area contributed by atoms with E-state index in [1.165, 1.54) is 11.3 Å². The number of rotatable bonds is 5. The molecule has 0 bridgehead atoms. The SMILES string of the molecule is O=C(O)c1ccc(CNCc2ccccn2)s1. The van der Waals surface area contributed by atoms with Gasteiger partial charge in [-0.3, -0.25) is 4.98 Å². The maximum Gasteiger partial charge on any atom is 0.345 e. The van der Waals surface area contributed by atoms with Gasteiger partial charge in [0.25, 0.3) is 0 Å². The molecule has 2 rings (SSSR count). The van der Waals surface area contributed by atoms with Crippen LogP contribution in [0.5, 0.6) is 0 Å². The zero-order valence-corrected chi connectivity index (χ0v) is 9.91. The van der Waals surface area contributed by atoms with Crippen LogP contribution in [0.1, 0.15) is 20.2 Å². The van der Waals surface area contributed by atoms with Crippen LogP contribution in [0.3, 0.4) is 0 Å². The van der Waals surface area contributed by atoms with Crippen LogP contribution < -0.4 is 5.32 Å². The number of nitrogens with one attached hydrogen (secondary N) is 1. The van der Waals surface area contributed by atoms with Gasteiger partial charge in [0.2, 0.25) is 0 Å². The van der Waals surface area contributed by atoms with Crippen LogP contribution in [0.25, 0.3) is 0 Å². The van der Waals surface area contributed by atoms with Crippen molar-refractivity contribution in [2.75, 3.05) is 0 Å². The van der Waals surface area contributed by atoms with Gasteiger partial charge in [0.1, 0.15) is 4.88 Å². The monoisotopic (exact) mass is 248 g/mol. The lowest BCUT2D eigenvalue weighted by atomic mass is 10.3. The highest BCUT2D eigenvalue weighted by molar-refractivity contribution is 7.13. The van der Waals surface area contributed by atoms with E-state index >= 15 is 0 Å². The molecule has 2 N–H and O–H groups in total. The highest BCUT2D eigenvalue weighted by Gasteiger charge is 2.06. The van der Waals surface area contributed by atoms with E-state index in [1.807, 2.05) is 24.3 Å². The molecule has 2 aromatic heterocycles. The summed E-state index contributed by atoms with van der Waals surface area (Å²) in [6.07, 6.45) is 1.75. The van der Waals surface area contributed by atoms with Gasteiger partial charge >= 0.3 is 5.97 Å². The molecule has 5 heteroatoms. The van der Waals surface area contributed by atoms with Crippen LogP contribution in [0.2, 0.25) is 0 Å². The number of nitrogens with zero attached hydrogens (tertiary/aromatic N) is 1. The number of hydrogen-bond acceptors (Lipinski definition) is 4. The summed E-state index contributed by atoms with van der Waals surface area (Å²) in [5, 5.41) is 12.0. The fourth-order valence-electron chi connectivity index (χ4n) is 1.40. The van der Waals surface area contributed by atoms with Gasteiger partial charge in [-0.25, -0.2) is 4.79 Å². The molecule has 0 unspecified atom stereocenters. The number of carboxylic acids is 1. The molecule has 2 aromatic rings. The fraction of sp³-hybridized carbons (Fsp3) is 0.167. The number of aromatic nitrogens is 1. The van der Waals surface area contributed by atoms with E-state index in [2.05, 4.69) is 10.3 Å². The van der Waals surface area contributed by atoms with E-state index in [4.69, 9.17) is 5.11 Å². The van der Waals surface area contributed by atoms with Crippen molar-refractivity contribution in [3.8, 4) is 0 Å². The molecule has 0 aromatic carbocycles. The number of thiophene rings is 1. The second-order valence-corrected chi connectivity index (χ2v) is 4.66. The number of carbonyl (C=O) groups is 1. The Bertz CT molecular complexity index is 496. The summed E-state index contributed by atoms with van der Waals surface area (Å²) in [5.74, 6) is -0.869. The lowest BCUT2D eigenvalue weighted by Gasteiger charge is -2.01. The Morgan fingerprint density at radius 1 is 1.29 bits per heavy atom. The van der Waals surface area contributed by atoms with Gasteiger partial charge in [0.05, 0.1) is 5.69 Å². The molecule has 0 atom stereocenters. The summed E-state index contributed by atoms with van der Waals surface area (Å²) in [6.45, 7) is 1.34. The maximum absolute atomic E-state index is 10.7. The van der Waals surface area contributed by atoms with Gasteiger partial charge in [-0.1, -0.05) is 6.07 Å². The largest absolute Gasteiger partial charge is 0.477 e. The summed E-state index contributed by atoms with van der Waals surface area (Å²) in [4.78, 5) is 16.3. The van der Waals surface area contributed by atoms with Crippen molar-refractivity contribution in [3.05, 3.63) is 52.0 Å². The molecule has 0 spiro atoms. The molecule has 2 heterocycles. The van der Waals surface area contributed by atoms with Crippen molar-refractivity contribution in [2.24, 2.45) is 0 Å². The van der Waals surface area contributed by atoms with E-state index < -0.39 is 5.97 Å². The zero-order valence-electron chi connectivity index (χ0n) is 9.09. The van der Waals surface area contributed by atoms with Crippen molar-refractivity contribution < 1.29 is 9.90 Å². The molecule has 0 aliphatic heterocycles. The molecule has 0 amide bonds. The summed E-state index contributed by atoms with van der Waals surface area (Å²) < 4.78 is 0. The van der Waals surface area contributed by atoms with Gasteiger partial charge in [0.15, 0.2) is 0 Å². The van der Waals surface area contributed by atoms with Crippen molar-refractivity contribution in [3.63, 3.8) is 0 Å². The van der Waals surface area contributed by atoms with Crippen molar-refractivity contribution in [2.45, 2.75) is 13.1 Å². The molecule has 0 saturated heterocycles. The van der Waals surface area contributed by atoms with Gasteiger partial charge in [-0.15, -0.1) is 11.3 Å². The third-order valence-electron chi connectivity index (χ3n) is 2.20. The minimum atomic E-state index is -0.869. The smallest absolute Gasteiger partial charge is 0.345 e. The molecular weight excluding hydrogens is 236 g/mol. The van der Waals surface area contributed by atoms with Gasteiger partial charge in [0, 0.05) is 24.2 Å². The topological polar surface area (TPSA) is 62.2 Å². The van der Waals surface area contributed by atoms with Gasteiger partial charge < -0.3 is 10.4 Å². The van der Waals surface area contributed by atoms with Crippen molar-refractivity contribution in [1.29, 1.82) is 0 Å². The minimum Gasteiger partial charge on any atom is -0.477 e. The van der Waals surface area contributed by atoms with E-state index in [0.29, 0.717) is 18.0 Å². The Morgan fingerprint density at radius 3 is 2.82 bits per heavy atom. The fourth-order valence-corrected chi connectivity index (χ4v) is 2.22. The number of pyridine rings is 1. The standard InChI is InChI=1S/C12H12N2O2S/c15-12(16)11-5-4-10(17-11)8-13-7-9-3-1-2-6-14-9/h1-6,13H,7-8H2,(H,15,16). The van der Waals surface area contributed by atoms with Gasteiger partial charge in [-0.2, -0.15) is 0 Å². The third kappa shape index (κ3) is 3.37. The Balaban J connectivity index is 1.84. The number of hydrogen-bond donors (Lipinski definition) is 2. The molecule has 0 aliphatic carbocycles. The van der Waals surface area contributed by atoms with Crippen LogP contribution in [0.4, 0.5) is 0 Å². The van der Waals surface area contributed by atoms with E-state index in [1.54, 1.807) is 12.3 Å². The summed E-state index contributed by atoms with van der Waals surface area (Å²) in [5.41, 5.74) is 0.975. The van der Waals surface area contributed by atoms with E-state index in [-0.39, 0.29) is 0 Å². The van der Waals surface area contributed by atoms with Gasteiger partial charge in [-0.05, 0) is 24.3 Å². The predicted octanol–water partition coefficient (Wildman–Crippen LogP) is 2.13. The lowest BCUT2D eigenvalue weighted by Crippen LogP contribution is -2.12. The van der Waals surface area contributed by atoms with E-state index in [0.717, 1.165) is 10.6 Å². The first-order valence-corrected chi connectivity index (χ1v) is 6.00. The number of carboxylic acid groups (broad SMARTS) is 1. The predicted molar refractivity (Wildman–Crippen MR) is 66.1 cm³/mol. The minimum absolute atomic E-state index is 0.375. The molecule has 0 saturated carbocycles. The summed E-state index contributed by atoms with van der Waals surface area (Å²) in [7, 11) is 0. The molecule has 0 radical (unpaired) electrons. The zero-order chi connectivity index (χ0) is 12.1. The quantitative estimate of drug-likeness (QED) is 0.851. The van der Waals surface area contributed by atoms with Crippen molar-refractivity contribution in [1.82, 2.24) is 10.3 Å². The normalized spacial score (nSPS) is 10.4. The van der Waals surface area contributed by atoms with Crippen LogP contribution in [-0.2, 0) is 13.1 Å². The lowest BCUT2D eigenvalue weighted by molar-refractivity contribution is 0.0702. The Labute approximate surface area is 103 Å². The van der Waals surface area contributed by atoms with Crippen LogP contribution >= 0.6 is 11.3 Å². The Kier molecular flexibility index (Phi) is 3.85. The molecular formula is C12H12N2O2S. The van der Waals surface area contributed by atoms with E-state index in [9.17, 15) is 4.79 Å². The Hall–Kier alpha value is -1.72. The molecule has 0 aliphatic rings. The average molecular weight is 248 g/mol. The second-order valence-electron chi connectivity index (χ2n) is 3.50. The second kappa shape index (κ2) is 5.56. The molecule has 88 valence electrons. The van der Waals surface area contributed by atoms with Crippen LogP contribution in [0, 0.1) is 0 Å². The molecule has 4 nitrogen and oxygen atoms in total. The summed E-state index contributed by atoms with van der Waals surface area (Å²) >= 11 is 1.29. The number of aromatic carboxylic acids is 1. The van der Waals surface area contributed by atoms with Crippen LogP contribution in [0.15, 0.2) is 36.5 Å². The highest BCUT2D eigenvalue weighted by Crippen LogP contribution is 2.16. The molecule has 0 fully saturated rings. The first-order chi connectivity index (χ1) is 8.25. The summed E-state index contributed by atoms with van der Waals surface area (Å²) in [6, 6.07) is 9.23. The van der Waals surface area contributed by atoms with Crippen LogP contribution in [-0.4, -0.2) is 16.1 Å². The third-order valence-corrected chi connectivity index (χ3v) is 3.28. The first kappa shape index (κ1) is 11.8. The highest BCUT2D eigenvalue weighted by atomic mass is 32.1. The average Bonchev–Trinajstić information content (AvgIpc) is 2.79. The maximum atomic E-state index is 10.7. The molecule has 17 heavy (non-hydrogen) atoms. The van der Waals surface area contributed by atoms with Crippen molar-refractivity contribution >= 4 is 17.3 Å². The first-order valence-electron chi connectivity index (χ1n) is 5.18.